The van der Waals surface area contributed by atoms with Gasteiger partial charge in [0.2, 0.25) is 0 Å². The molecule has 0 rings (SSSR count). The van der Waals surface area contributed by atoms with Crippen molar-refractivity contribution in [2.75, 3.05) is 0 Å². The Morgan fingerprint density at radius 1 is 1.80 bits per heavy atom. The normalized spacial score (nSPS) is 5.60. The van der Waals surface area contributed by atoms with Crippen LogP contribution in [0.3, 0.4) is 0 Å². The lowest BCUT2D eigenvalue weighted by atomic mass is 11.2. The topological polar surface area (TPSA) is 21.6 Å². The van der Waals surface area contributed by atoms with Gasteiger partial charge in [0.25, 0.3) is 0 Å². The van der Waals surface area contributed by atoms with Gasteiger partial charge in [-0.15, -0.1) is 0 Å². The summed E-state index contributed by atoms with van der Waals surface area (Å²) in [5, 5.41) is 2.99. The van der Waals surface area contributed by atoms with Gasteiger partial charge in [-0.05, 0) is 0 Å². The van der Waals surface area contributed by atoms with E-state index in [2.05, 4.69) is 23.3 Å². The first-order valence-electron chi connectivity index (χ1n) is 1.14. The number of oxime groups is 1. The van der Waals surface area contributed by atoms with Gasteiger partial charge in [0.1, 0.15) is 6.26 Å². The molecule has 0 aromatic carbocycles. The van der Waals surface area contributed by atoms with Gasteiger partial charge in [-0.2, -0.15) is 0 Å². The molecule has 0 aliphatic rings. The zero-order chi connectivity index (χ0) is 4.12. The molecule has 0 aliphatic heterocycles. The Kier molecular flexibility index (Phi) is 2.70. The van der Waals surface area contributed by atoms with E-state index in [9.17, 15) is 0 Å². The molecule has 2 nitrogen and oxygen atoms in total. The molecule has 0 heterocycles. The maximum atomic E-state index is 4.11. The predicted molar refractivity (Wildman–Crippen MR) is 20.8 cm³/mol. The van der Waals surface area contributed by atoms with Gasteiger partial charge in [0.15, 0.2) is 0 Å². The molecular weight excluding hydrogens is 66.0 g/mol. The van der Waals surface area contributed by atoms with Gasteiger partial charge in [-0.3, -0.25) is 0 Å². The maximum Gasteiger partial charge on any atom is 0.114 e. The minimum Gasteiger partial charge on any atom is -0.366 e. The standard InChI is InChI=1S/C3H5NO/c1-3-5-4-2/h3H,1-2H2. The van der Waals surface area contributed by atoms with Gasteiger partial charge in [0, 0.05) is 6.72 Å². The Bertz CT molecular complexity index is 36.2. The fourth-order valence-corrected chi connectivity index (χ4v) is 0.0527. The second-order valence-corrected chi connectivity index (χ2v) is 0.401. The van der Waals surface area contributed by atoms with E-state index >= 15 is 0 Å². The molecule has 0 aromatic heterocycles. The fraction of sp³-hybridized carbons (Fsp3) is 0. The highest BCUT2D eigenvalue weighted by molar-refractivity contribution is 5.21. The average Bonchev–Trinajstić information content (AvgIpc) is 1.41. The molecule has 0 bridgehead atoms. The summed E-state index contributed by atoms with van der Waals surface area (Å²) < 4.78 is 0. The van der Waals surface area contributed by atoms with Gasteiger partial charge in [-0.25, -0.2) is 0 Å². The molecule has 0 saturated carbocycles. The van der Waals surface area contributed by atoms with Crippen LogP contribution < -0.4 is 0 Å². The Hall–Kier alpha value is -0.790. The molecule has 0 aliphatic carbocycles. The van der Waals surface area contributed by atoms with E-state index < -0.39 is 0 Å². The number of hydrogen-bond acceptors (Lipinski definition) is 2. The SMILES string of the molecule is C=CON=C. The first-order chi connectivity index (χ1) is 2.41. The molecule has 0 N–H and O–H groups in total. The number of hydrogen-bond donors (Lipinski definition) is 0. The summed E-state index contributed by atoms with van der Waals surface area (Å²) >= 11 is 0. The molecule has 2 heteroatoms. The van der Waals surface area contributed by atoms with Crippen LogP contribution in [0.15, 0.2) is 18.0 Å². The van der Waals surface area contributed by atoms with E-state index in [1.165, 1.54) is 6.26 Å². The van der Waals surface area contributed by atoms with Gasteiger partial charge >= 0.3 is 0 Å². The molecule has 0 amide bonds. The summed E-state index contributed by atoms with van der Waals surface area (Å²) in [5.41, 5.74) is 0. The van der Waals surface area contributed by atoms with Crippen LogP contribution in [0.25, 0.3) is 0 Å². The highest BCUT2D eigenvalue weighted by Crippen LogP contribution is 1.64. The number of rotatable bonds is 2. The third-order valence-electron chi connectivity index (χ3n) is 0.149. The van der Waals surface area contributed by atoms with Crippen molar-refractivity contribution in [1.29, 1.82) is 0 Å². The van der Waals surface area contributed by atoms with Crippen molar-refractivity contribution in [3.05, 3.63) is 12.8 Å². The minimum atomic E-state index is 1.20. The molecular formula is C3H5NO. The van der Waals surface area contributed by atoms with Crippen molar-refractivity contribution in [3.8, 4) is 0 Å². The van der Waals surface area contributed by atoms with Crippen molar-refractivity contribution in [3.63, 3.8) is 0 Å². The largest absolute Gasteiger partial charge is 0.366 e. The van der Waals surface area contributed by atoms with E-state index in [1.807, 2.05) is 0 Å². The van der Waals surface area contributed by atoms with Crippen molar-refractivity contribution < 1.29 is 4.84 Å². The summed E-state index contributed by atoms with van der Waals surface area (Å²) in [4.78, 5) is 4.11. The molecule has 0 spiro atoms. The molecule has 5 heavy (non-hydrogen) atoms. The Labute approximate surface area is 30.7 Å². The summed E-state index contributed by atoms with van der Waals surface area (Å²) in [7, 11) is 0. The van der Waals surface area contributed by atoms with Crippen molar-refractivity contribution in [1.82, 2.24) is 0 Å². The summed E-state index contributed by atoms with van der Waals surface area (Å²) in [5.74, 6) is 0. The van der Waals surface area contributed by atoms with Gasteiger partial charge in [-0.1, -0.05) is 11.7 Å². The molecule has 0 radical (unpaired) electrons. The van der Waals surface area contributed by atoms with Crippen molar-refractivity contribution >= 4 is 6.72 Å². The van der Waals surface area contributed by atoms with Crippen LogP contribution in [0.2, 0.25) is 0 Å². The maximum absolute atomic E-state index is 4.11. The van der Waals surface area contributed by atoms with Crippen LogP contribution in [0.5, 0.6) is 0 Å². The van der Waals surface area contributed by atoms with E-state index in [4.69, 9.17) is 0 Å². The van der Waals surface area contributed by atoms with Gasteiger partial charge < -0.3 is 4.84 Å². The number of nitrogens with zero attached hydrogens (tertiary/aromatic N) is 1. The fourth-order valence-electron chi connectivity index (χ4n) is 0.0527. The quantitative estimate of drug-likeness (QED) is 0.267. The Morgan fingerprint density at radius 2 is 2.40 bits per heavy atom. The van der Waals surface area contributed by atoms with E-state index in [0.29, 0.717) is 0 Å². The third-order valence-corrected chi connectivity index (χ3v) is 0.149. The highest BCUT2D eigenvalue weighted by Gasteiger charge is 1.46. The average molecular weight is 71.1 g/mol. The zero-order valence-electron chi connectivity index (χ0n) is 2.85. The third kappa shape index (κ3) is 3.21. The van der Waals surface area contributed by atoms with Crippen LogP contribution in [0, 0.1) is 0 Å². The molecule has 28 valence electrons. The second kappa shape index (κ2) is 3.21. The van der Waals surface area contributed by atoms with E-state index in [-0.39, 0.29) is 0 Å². The second-order valence-electron chi connectivity index (χ2n) is 0.401. The lowest BCUT2D eigenvalue weighted by Gasteiger charge is -1.74. The Morgan fingerprint density at radius 3 is 2.40 bits per heavy atom. The van der Waals surface area contributed by atoms with Crippen LogP contribution in [0.1, 0.15) is 0 Å². The van der Waals surface area contributed by atoms with Crippen molar-refractivity contribution in [2.45, 2.75) is 0 Å². The minimum absolute atomic E-state index is 1.20. The monoisotopic (exact) mass is 71.0 g/mol. The molecule has 0 atom stereocenters. The summed E-state index contributed by atoms with van der Waals surface area (Å²) in [6.45, 7) is 6.20. The van der Waals surface area contributed by atoms with Gasteiger partial charge in [0.05, 0.1) is 0 Å². The van der Waals surface area contributed by atoms with E-state index in [1.54, 1.807) is 0 Å². The first-order valence-corrected chi connectivity index (χ1v) is 1.14. The summed E-state index contributed by atoms with van der Waals surface area (Å²) in [6.07, 6.45) is 1.20. The lowest BCUT2D eigenvalue weighted by molar-refractivity contribution is 0.273. The first kappa shape index (κ1) is 4.21. The van der Waals surface area contributed by atoms with Crippen LogP contribution in [0.4, 0.5) is 0 Å². The summed E-state index contributed by atoms with van der Waals surface area (Å²) in [6, 6.07) is 0. The van der Waals surface area contributed by atoms with E-state index in [0.717, 1.165) is 0 Å². The molecule has 0 aromatic rings. The smallest absolute Gasteiger partial charge is 0.114 e. The molecule has 0 fully saturated rings. The lowest BCUT2D eigenvalue weighted by Crippen LogP contribution is -1.54. The highest BCUT2D eigenvalue weighted by atomic mass is 16.6. The van der Waals surface area contributed by atoms with Crippen LogP contribution >= 0.6 is 0 Å². The zero-order valence-corrected chi connectivity index (χ0v) is 2.85. The Balaban J connectivity index is 2.65. The molecule has 0 saturated heterocycles. The molecule has 0 unspecified atom stereocenters. The predicted octanol–water partition coefficient (Wildman–Crippen LogP) is 0.762. The van der Waals surface area contributed by atoms with Crippen molar-refractivity contribution in [2.24, 2.45) is 5.16 Å². The van der Waals surface area contributed by atoms with Crippen LogP contribution in [-0.4, -0.2) is 6.72 Å². The van der Waals surface area contributed by atoms with Crippen LogP contribution in [-0.2, 0) is 4.84 Å².